The molecule has 1 aromatic carbocycles. The Labute approximate surface area is 82.5 Å². The van der Waals surface area contributed by atoms with Crippen LogP contribution in [0.2, 0.25) is 0 Å². The largest absolute Gasteiger partial charge is 0.382 e. The van der Waals surface area contributed by atoms with Crippen molar-refractivity contribution in [3.05, 3.63) is 28.3 Å². The molecular weight excluding hydrogens is 182 g/mol. The lowest BCUT2D eigenvalue weighted by atomic mass is 10.2. The molecule has 0 aliphatic heterocycles. The molecule has 0 saturated heterocycles. The second-order valence-electron chi connectivity index (χ2n) is 3.07. The number of para-hydroxylation sites is 1. The van der Waals surface area contributed by atoms with Gasteiger partial charge in [0.15, 0.2) is 0 Å². The van der Waals surface area contributed by atoms with Crippen molar-refractivity contribution in [3.63, 3.8) is 0 Å². The van der Waals surface area contributed by atoms with E-state index in [0.717, 1.165) is 0 Å². The molecule has 1 aromatic rings. The summed E-state index contributed by atoms with van der Waals surface area (Å²) in [6, 6.07) is 5.19. The second-order valence-corrected chi connectivity index (χ2v) is 3.07. The predicted molar refractivity (Wildman–Crippen MR) is 57.0 cm³/mol. The normalized spacial score (nSPS) is 9.64. The van der Waals surface area contributed by atoms with Crippen LogP contribution in [0.4, 0.5) is 17.1 Å². The fourth-order valence-electron chi connectivity index (χ4n) is 1.29. The minimum Gasteiger partial charge on any atom is -0.382 e. The summed E-state index contributed by atoms with van der Waals surface area (Å²) < 4.78 is 0. The summed E-state index contributed by atoms with van der Waals surface area (Å²) in [5.41, 5.74) is 1.24. The van der Waals surface area contributed by atoms with Gasteiger partial charge in [-0.05, 0) is 12.1 Å². The summed E-state index contributed by atoms with van der Waals surface area (Å²) in [6.07, 6.45) is 0. The molecule has 0 saturated carbocycles. The number of nitrogens with one attached hydrogen (secondary N) is 1. The van der Waals surface area contributed by atoms with Crippen molar-refractivity contribution < 1.29 is 4.92 Å². The molecule has 0 atom stereocenters. The van der Waals surface area contributed by atoms with Crippen LogP contribution in [-0.4, -0.2) is 26.1 Å². The molecule has 0 spiro atoms. The molecule has 5 nitrogen and oxygen atoms in total. The number of nitrogens with zero attached hydrogens (tertiary/aromatic N) is 2. The first-order valence-electron chi connectivity index (χ1n) is 4.20. The molecule has 0 amide bonds. The van der Waals surface area contributed by atoms with Gasteiger partial charge in [-0.1, -0.05) is 6.07 Å². The smallest absolute Gasteiger partial charge is 0.315 e. The Kier molecular flexibility index (Phi) is 2.91. The van der Waals surface area contributed by atoms with Gasteiger partial charge in [0.05, 0.1) is 4.92 Å². The van der Waals surface area contributed by atoms with E-state index < -0.39 is 0 Å². The minimum atomic E-state index is -0.374. The number of hydrogen-bond donors (Lipinski definition) is 1. The summed E-state index contributed by atoms with van der Waals surface area (Å²) in [7, 11) is 5.23. The maximum absolute atomic E-state index is 10.8. The molecule has 0 radical (unpaired) electrons. The number of rotatable bonds is 3. The van der Waals surface area contributed by atoms with Gasteiger partial charge < -0.3 is 10.2 Å². The van der Waals surface area contributed by atoms with Gasteiger partial charge in [0, 0.05) is 21.1 Å². The first kappa shape index (κ1) is 10.3. The molecular formula is C9H13N3O2. The Morgan fingerprint density at radius 1 is 1.43 bits per heavy atom. The molecule has 0 aliphatic carbocycles. The van der Waals surface area contributed by atoms with Crippen LogP contribution in [0.15, 0.2) is 18.2 Å². The van der Waals surface area contributed by atoms with E-state index in [4.69, 9.17) is 0 Å². The molecule has 76 valence electrons. The summed E-state index contributed by atoms with van der Waals surface area (Å²) >= 11 is 0. The van der Waals surface area contributed by atoms with Gasteiger partial charge in [0.25, 0.3) is 0 Å². The topological polar surface area (TPSA) is 58.4 Å². The van der Waals surface area contributed by atoms with Gasteiger partial charge in [-0.25, -0.2) is 0 Å². The van der Waals surface area contributed by atoms with Crippen molar-refractivity contribution in [1.29, 1.82) is 0 Å². The lowest BCUT2D eigenvalue weighted by molar-refractivity contribution is -0.383. The van der Waals surface area contributed by atoms with Crippen molar-refractivity contribution in [1.82, 2.24) is 0 Å². The first-order valence-corrected chi connectivity index (χ1v) is 4.20. The van der Waals surface area contributed by atoms with Crippen LogP contribution in [0, 0.1) is 10.1 Å². The van der Waals surface area contributed by atoms with Crippen molar-refractivity contribution in [2.45, 2.75) is 0 Å². The molecule has 5 heteroatoms. The summed E-state index contributed by atoms with van der Waals surface area (Å²) in [4.78, 5) is 12.2. The third-order valence-corrected chi connectivity index (χ3v) is 1.95. The third-order valence-electron chi connectivity index (χ3n) is 1.95. The fraction of sp³-hybridized carbons (Fsp3) is 0.333. The average molecular weight is 195 g/mol. The van der Waals surface area contributed by atoms with Gasteiger partial charge in [0.2, 0.25) is 0 Å². The lowest BCUT2D eigenvalue weighted by Crippen LogP contribution is -2.12. The quantitative estimate of drug-likeness (QED) is 0.589. The van der Waals surface area contributed by atoms with E-state index >= 15 is 0 Å². The zero-order valence-corrected chi connectivity index (χ0v) is 8.44. The molecule has 1 N–H and O–H groups in total. The Balaban J connectivity index is 3.35. The summed E-state index contributed by atoms with van der Waals surface area (Å²) in [6.45, 7) is 0. The highest BCUT2D eigenvalue weighted by atomic mass is 16.6. The molecule has 14 heavy (non-hydrogen) atoms. The maximum atomic E-state index is 10.8. The number of benzene rings is 1. The Hall–Kier alpha value is -1.78. The van der Waals surface area contributed by atoms with Crippen LogP contribution in [0.5, 0.6) is 0 Å². The maximum Gasteiger partial charge on any atom is 0.315 e. The van der Waals surface area contributed by atoms with Crippen LogP contribution in [0.3, 0.4) is 0 Å². The first-order chi connectivity index (χ1) is 6.57. The molecule has 0 bridgehead atoms. The zero-order chi connectivity index (χ0) is 10.7. The van der Waals surface area contributed by atoms with E-state index in [2.05, 4.69) is 5.32 Å². The van der Waals surface area contributed by atoms with Crippen molar-refractivity contribution in [3.8, 4) is 0 Å². The van der Waals surface area contributed by atoms with Gasteiger partial charge in [-0.3, -0.25) is 10.1 Å². The van der Waals surface area contributed by atoms with E-state index in [1.165, 1.54) is 0 Å². The van der Waals surface area contributed by atoms with Gasteiger partial charge >= 0.3 is 5.69 Å². The van der Waals surface area contributed by atoms with E-state index in [9.17, 15) is 10.1 Å². The number of nitro benzene ring substituents is 1. The highest BCUT2D eigenvalue weighted by Gasteiger charge is 2.19. The van der Waals surface area contributed by atoms with Gasteiger partial charge in [-0.15, -0.1) is 0 Å². The highest BCUT2D eigenvalue weighted by molar-refractivity contribution is 5.76. The van der Waals surface area contributed by atoms with Crippen molar-refractivity contribution in [2.24, 2.45) is 0 Å². The van der Waals surface area contributed by atoms with Gasteiger partial charge in [-0.2, -0.15) is 0 Å². The van der Waals surface area contributed by atoms with Crippen LogP contribution in [0.1, 0.15) is 0 Å². The highest BCUT2D eigenvalue weighted by Crippen LogP contribution is 2.33. The lowest BCUT2D eigenvalue weighted by Gasteiger charge is -2.14. The predicted octanol–water partition coefficient (Wildman–Crippen LogP) is 1.70. The Morgan fingerprint density at radius 3 is 2.50 bits per heavy atom. The van der Waals surface area contributed by atoms with E-state index in [0.29, 0.717) is 11.4 Å². The molecule has 0 aliphatic rings. The van der Waals surface area contributed by atoms with Crippen LogP contribution >= 0.6 is 0 Å². The number of nitro groups is 1. The van der Waals surface area contributed by atoms with Crippen LogP contribution < -0.4 is 10.2 Å². The molecule has 1 rings (SSSR count). The Bertz CT molecular complexity index is 350. The Morgan fingerprint density at radius 2 is 2.07 bits per heavy atom. The average Bonchev–Trinajstić information content (AvgIpc) is 2.16. The minimum absolute atomic E-state index is 0.111. The van der Waals surface area contributed by atoms with Gasteiger partial charge in [0.1, 0.15) is 11.4 Å². The molecule has 0 fully saturated rings. The second kappa shape index (κ2) is 3.95. The third kappa shape index (κ3) is 1.76. The van der Waals surface area contributed by atoms with E-state index in [1.807, 2.05) is 0 Å². The zero-order valence-electron chi connectivity index (χ0n) is 8.44. The van der Waals surface area contributed by atoms with Crippen LogP contribution in [-0.2, 0) is 0 Å². The standard InChI is InChI=1S/C9H13N3O2/c1-10-7-5-4-6-8(11(2)3)9(7)12(13)14/h4-6,10H,1-3H3. The van der Waals surface area contributed by atoms with Crippen molar-refractivity contribution >= 4 is 17.1 Å². The van der Waals surface area contributed by atoms with Crippen molar-refractivity contribution in [2.75, 3.05) is 31.4 Å². The summed E-state index contributed by atoms with van der Waals surface area (Å²) in [5.74, 6) is 0. The number of anilines is 2. The van der Waals surface area contributed by atoms with E-state index in [-0.39, 0.29) is 10.6 Å². The summed E-state index contributed by atoms with van der Waals surface area (Å²) in [5, 5.41) is 13.6. The monoisotopic (exact) mass is 195 g/mol. The van der Waals surface area contributed by atoms with Crippen LogP contribution in [0.25, 0.3) is 0 Å². The fourth-order valence-corrected chi connectivity index (χ4v) is 1.29. The molecule has 0 heterocycles. The molecule has 0 aromatic heterocycles. The number of hydrogen-bond acceptors (Lipinski definition) is 4. The van der Waals surface area contributed by atoms with E-state index in [1.54, 1.807) is 44.2 Å². The molecule has 0 unspecified atom stereocenters. The SMILES string of the molecule is CNc1cccc(N(C)C)c1[N+](=O)[O-].